The van der Waals surface area contributed by atoms with Crippen LogP contribution < -0.4 is 16.4 Å². The quantitative estimate of drug-likeness (QED) is 0.295. The molecule has 26 heavy (non-hydrogen) atoms. The van der Waals surface area contributed by atoms with Crippen molar-refractivity contribution < 1.29 is 9.18 Å². The number of hydrogen-bond acceptors (Lipinski definition) is 3. The van der Waals surface area contributed by atoms with E-state index in [1.54, 1.807) is 12.1 Å². The van der Waals surface area contributed by atoms with Gasteiger partial charge in [0.2, 0.25) is 5.91 Å². The van der Waals surface area contributed by atoms with Crippen molar-refractivity contribution in [3.05, 3.63) is 35.6 Å². The Bertz CT molecular complexity index is 579. The Balaban J connectivity index is 0.00000338. The Morgan fingerprint density at radius 2 is 2.12 bits per heavy atom. The third-order valence-electron chi connectivity index (χ3n) is 4.13. The Hall–Kier alpha value is -1.03. The van der Waals surface area contributed by atoms with Crippen LogP contribution in [0.1, 0.15) is 25.3 Å². The van der Waals surface area contributed by atoms with Crippen LogP contribution >= 0.6 is 35.7 Å². The van der Waals surface area contributed by atoms with Crippen LogP contribution in [-0.4, -0.2) is 42.5 Å². The summed E-state index contributed by atoms with van der Waals surface area (Å²) < 4.78 is 13.0. The molecular formula is C18H28FIN4OS. The number of amides is 1. The predicted octanol–water partition coefficient (Wildman–Crippen LogP) is 2.54. The van der Waals surface area contributed by atoms with Gasteiger partial charge in [0.15, 0.2) is 5.96 Å². The molecule has 1 aromatic carbocycles. The second-order valence-corrected chi connectivity index (χ2v) is 7.57. The summed E-state index contributed by atoms with van der Waals surface area (Å²) in [4.78, 5) is 16.3. The number of aliphatic imine (C=N–C) groups is 1. The average molecular weight is 494 g/mol. The normalized spacial score (nSPS) is 18.1. The predicted molar refractivity (Wildman–Crippen MR) is 118 cm³/mol. The van der Waals surface area contributed by atoms with E-state index in [1.807, 2.05) is 18.7 Å². The minimum Gasteiger partial charge on any atom is -0.369 e. The molecule has 1 aromatic rings. The molecule has 8 heteroatoms. The fourth-order valence-corrected chi connectivity index (χ4v) is 3.92. The molecule has 2 unspecified atom stereocenters. The summed E-state index contributed by atoms with van der Waals surface area (Å²) in [5.41, 5.74) is 6.40. The van der Waals surface area contributed by atoms with Gasteiger partial charge in [-0.3, -0.25) is 9.79 Å². The first-order valence-corrected chi connectivity index (χ1v) is 9.81. The van der Waals surface area contributed by atoms with E-state index in [0.717, 1.165) is 18.7 Å². The first kappa shape index (κ1) is 23.0. The Morgan fingerprint density at radius 1 is 1.38 bits per heavy atom. The van der Waals surface area contributed by atoms with Gasteiger partial charge in [0.25, 0.3) is 0 Å². The summed E-state index contributed by atoms with van der Waals surface area (Å²) >= 11 is 1.98. The molecule has 1 fully saturated rings. The number of thioether (sulfide) groups is 1. The van der Waals surface area contributed by atoms with Crippen LogP contribution in [-0.2, 0) is 11.2 Å². The van der Waals surface area contributed by atoms with Crippen LogP contribution in [0.3, 0.4) is 0 Å². The lowest BCUT2D eigenvalue weighted by atomic mass is 9.99. The zero-order valence-electron chi connectivity index (χ0n) is 15.0. The maximum atomic E-state index is 13.0. The molecule has 146 valence electrons. The lowest BCUT2D eigenvalue weighted by molar-refractivity contribution is -0.121. The lowest BCUT2D eigenvalue weighted by Gasteiger charge is -2.16. The molecular weight excluding hydrogens is 466 g/mol. The fourth-order valence-electron chi connectivity index (χ4n) is 2.72. The zero-order chi connectivity index (χ0) is 18.1. The lowest BCUT2D eigenvalue weighted by Crippen LogP contribution is -2.41. The topological polar surface area (TPSA) is 79.5 Å². The Labute approximate surface area is 176 Å². The van der Waals surface area contributed by atoms with Crippen LogP contribution in [0.15, 0.2) is 29.3 Å². The molecule has 0 aliphatic carbocycles. The number of halogens is 2. The van der Waals surface area contributed by atoms with Crippen molar-refractivity contribution in [1.82, 2.24) is 10.6 Å². The molecule has 0 spiro atoms. The van der Waals surface area contributed by atoms with E-state index in [-0.39, 0.29) is 29.8 Å². The number of carbonyl (C=O) groups is 1. The third kappa shape index (κ3) is 8.11. The Morgan fingerprint density at radius 3 is 2.69 bits per heavy atom. The number of nitrogens with zero attached hydrogens (tertiary/aromatic N) is 1. The average Bonchev–Trinajstić information content (AvgIpc) is 3.11. The maximum absolute atomic E-state index is 13.0. The van der Waals surface area contributed by atoms with Crippen molar-refractivity contribution in [2.75, 3.05) is 25.4 Å². The number of primary amides is 1. The largest absolute Gasteiger partial charge is 0.369 e. The number of rotatable bonds is 8. The summed E-state index contributed by atoms with van der Waals surface area (Å²) in [5, 5.41) is 7.17. The molecule has 0 saturated carbocycles. The first-order valence-electron chi connectivity index (χ1n) is 8.76. The van der Waals surface area contributed by atoms with Gasteiger partial charge in [0.05, 0.1) is 12.5 Å². The highest BCUT2D eigenvalue weighted by molar-refractivity contribution is 14.0. The molecule has 0 bridgehead atoms. The SMILES string of the molecule is CCNC(=NCC(Cc1ccc(F)cc1)C(N)=O)NCC1CCCS1.I. The molecule has 1 aliphatic heterocycles. The van der Waals surface area contributed by atoms with Gasteiger partial charge in [-0.15, -0.1) is 24.0 Å². The minimum absolute atomic E-state index is 0. The van der Waals surface area contributed by atoms with Gasteiger partial charge in [0, 0.05) is 18.3 Å². The number of nitrogens with two attached hydrogens (primary N) is 1. The smallest absolute Gasteiger partial charge is 0.222 e. The molecule has 1 amide bonds. The molecule has 1 heterocycles. The van der Waals surface area contributed by atoms with Crippen LogP contribution in [0.4, 0.5) is 4.39 Å². The number of nitrogens with one attached hydrogen (secondary N) is 2. The summed E-state index contributed by atoms with van der Waals surface area (Å²) in [6.07, 6.45) is 2.95. The second-order valence-electron chi connectivity index (χ2n) is 6.17. The summed E-state index contributed by atoms with van der Waals surface area (Å²) in [7, 11) is 0. The molecule has 1 saturated heterocycles. The third-order valence-corrected chi connectivity index (χ3v) is 5.53. The summed E-state index contributed by atoms with van der Waals surface area (Å²) in [5.74, 6) is 0.833. The van der Waals surface area contributed by atoms with Crippen LogP contribution in [0.5, 0.6) is 0 Å². The van der Waals surface area contributed by atoms with E-state index < -0.39 is 11.8 Å². The van der Waals surface area contributed by atoms with Crippen LogP contribution in [0.2, 0.25) is 0 Å². The molecule has 4 N–H and O–H groups in total. The van der Waals surface area contributed by atoms with Gasteiger partial charge < -0.3 is 16.4 Å². The van der Waals surface area contributed by atoms with E-state index in [0.29, 0.717) is 24.2 Å². The molecule has 2 atom stereocenters. The molecule has 0 aromatic heterocycles. The van der Waals surface area contributed by atoms with E-state index in [4.69, 9.17) is 5.73 Å². The van der Waals surface area contributed by atoms with E-state index in [1.165, 1.54) is 30.7 Å². The van der Waals surface area contributed by atoms with Gasteiger partial charge in [0.1, 0.15) is 5.82 Å². The van der Waals surface area contributed by atoms with Crippen molar-refractivity contribution in [1.29, 1.82) is 0 Å². The molecule has 2 rings (SSSR count). The van der Waals surface area contributed by atoms with Gasteiger partial charge in [-0.1, -0.05) is 12.1 Å². The first-order chi connectivity index (χ1) is 12.1. The standard InChI is InChI=1S/C18H27FN4OS.HI/c1-2-21-18(23-12-16-4-3-9-25-16)22-11-14(17(20)24)10-13-5-7-15(19)8-6-13;/h5-8,14,16H,2-4,9-12H2,1H3,(H2,20,24)(H2,21,22,23);1H. The van der Waals surface area contributed by atoms with Gasteiger partial charge in [-0.25, -0.2) is 4.39 Å². The number of benzene rings is 1. The fraction of sp³-hybridized carbons (Fsp3) is 0.556. The highest BCUT2D eigenvalue weighted by atomic mass is 127. The Kier molecular flexibility index (Phi) is 11.0. The maximum Gasteiger partial charge on any atom is 0.222 e. The minimum atomic E-state index is -0.415. The van der Waals surface area contributed by atoms with Crippen molar-refractivity contribution in [2.45, 2.75) is 31.4 Å². The highest BCUT2D eigenvalue weighted by Gasteiger charge is 2.18. The number of carbonyl (C=O) groups excluding carboxylic acids is 1. The number of hydrogen-bond donors (Lipinski definition) is 3. The van der Waals surface area contributed by atoms with Crippen molar-refractivity contribution >= 4 is 47.6 Å². The van der Waals surface area contributed by atoms with E-state index in [2.05, 4.69) is 15.6 Å². The summed E-state index contributed by atoms with van der Waals surface area (Å²) in [6, 6.07) is 6.13. The van der Waals surface area contributed by atoms with Crippen molar-refractivity contribution in [3.8, 4) is 0 Å². The van der Waals surface area contributed by atoms with Crippen molar-refractivity contribution in [3.63, 3.8) is 0 Å². The van der Waals surface area contributed by atoms with Crippen molar-refractivity contribution in [2.24, 2.45) is 16.6 Å². The van der Waals surface area contributed by atoms with Crippen LogP contribution in [0.25, 0.3) is 0 Å². The van der Waals surface area contributed by atoms with E-state index in [9.17, 15) is 9.18 Å². The van der Waals surface area contributed by atoms with Gasteiger partial charge in [-0.05, 0) is 49.6 Å². The summed E-state index contributed by atoms with van der Waals surface area (Å²) in [6.45, 7) is 3.93. The van der Waals surface area contributed by atoms with Gasteiger partial charge >= 0.3 is 0 Å². The monoisotopic (exact) mass is 494 g/mol. The van der Waals surface area contributed by atoms with Crippen LogP contribution in [0, 0.1) is 11.7 Å². The number of guanidine groups is 1. The molecule has 0 radical (unpaired) electrons. The molecule has 1 aliphatic rings. The highest BCUT2D eigenvalue weighted by Crippen LogP contribution is 2.25. The van der Waals surface area contributed by atoms with Gasteiger partial charge in [-0.2, -0.15) is 11.8 Å². The van der Waals surface area contributed by atoms with E-state index >= 15 is 0 Å². The second kappa shape index (κ2) is 12.4. The zero-order valence-corrected chi connectivity index (χ0v) is 18.2. The molecule has 5 nitrogen and oxygen atoms in total.